The molecular formula is C26H31N3O4S. The van der Waals surface area contributed by atoms with Crippen molar-refractivity contribution in [2.24, 2.45) is 0 Å². The van der Waals surface area contributed by atoms with Gasteiger partial charge in [0.05, 0.1) is 17.2 Å². The number of nitrogens with one attached hydrogen (secondary N) is 1. The number of aryl methyl sites for hydroxylation is 4. The van der Waals surface area contributed by atoms with E-state index in [0.29, 0.717) is 22.4 Å². The molecule has 2 aliphatic rings. The number of hydrogen-bond acceptors (Lipinski definition) is 5. The van der Waals surface area contributed by atoms with Crippen LogP contribution in [0.15, 0.2) is 27.8 Å². The minimum Gasteiger partial charge on any atom is -0.376 e. The van der Waals surface area contributed by atoms with E-state index in [4.69, 9.17) is 4.74 Å². The minimum atomic E-state index is -0.468. The van der Waals surface area contributed by atoms with Gasteiger partial charge in [-0.15, -0.1) is 11.3 Å². The van der Waals surface area contributed by atoms with Crippen LogP contribution in [-0.2, 0) is 28.9 Å². The Morgan fingerprint density at radius 3 is 2.71 bits per heavy atom. The predicted molar refractivity (Wildman–Crippen MR) is 134 cm³/mol. The van der Waals surface area contributed by atoms with Gasteiger partial charge < -0.3 is 10.1 Å². The van der Waals surface area contributed by atoms with E-state index < -0.39 is 5.69 Å². The topological polar surface area (TPSA) is 82.3 Å². The second kappa shape index (κ2) is 9.50. The first kappa shape index (κ1) is 23.1. The molecule has 3 heterocycles. The lowest BCUT2D eigenvalue weighted by molar-refractivity contribution is -0.122. The van der Waals surface area contributed by atoms with Crippen molar-refractivity contribution >= 4 is 27.5 Å². The molecule has 3 aromatic rings. The van der Waals surface area contributed by atoms with Crippen LogP contribution in [0.25, 0.3) is 15.9 Å². The summed E-state index contributed by atoms with van der Waals surface area (Å²) in [7, 11) is 0. The van der Waals surface area contributed by atoms with Crippen molar-refractivity contribution in [3.63, 3.8) is 0 Å². The Kier molecular flexibility index (Phi) is 6.44. The van der Waals surface area contributed by atoms with Crippen molar-refractivity contribution in [1.29, 1.82) is 0 Å². The highest BCUT2D eigenvalue weighted by Crippen LogP contribution is 2.33. The molecule has 1 N–H and O–H groups in total. The van der Waals surface area contributed by atoms with Crippen LogP contribution in [-0.4, -0.2) is 34.3 Å². The second-order valence-electron chi connectivity index (χ2n) is 9.46. The molecule has 8 heteroatoms. The maximum Gasteiger partial charge on any atom is 0.337 e. The number of rotatable bonds is 5. The van der Waals surface area contributed by atoms with Crippen molar-refractivity contribution in [2.45, 2.75) is 71.4 Å². The number of carbonyl (C=O) groups excluding carboxylic acids is 1. The molecule has 5 rings (SSSR count). The standard InChI is InChI=1S/C26H31N3O4S/c1-16-10-11-18(13-17(16)2)29-24(31)23-20-8-4-3-5-9-21(20)34-25(23)28(26(29)32)15-22(30)27-14-19-7-6-12-33-19/h10-11,13,19H,3-9,12,14-15H2,1-2H3,(H,27,30). The molecule has 7 nitrogen and oxygen atoms in total. The predicted octanol–water partition coefficient (Wildman–Crippen LogP) is 3.39. The first-order valence-corrected chi connectivity index (χ1v) is 13.0. The molecule has 34 heavy (non-hydrogen) atoms. The molecule has 1 atom stereocenters. The van der Waals surface area contributed by atoms with Gasteiger partial charge in [-0.1, -0.05) is 12.5 Å². The molecule has 1 unspecified atom stereocenters. The molecule has 1 aliphatic heterocycles. The molecule has 0 radical (unpaired) electrons. The third-order valence-corrected chi connectivity index (χ3v) is 8.40. The summed E-state index contributed by atoms with van der Waals surface area (Å²) in [6.45, 7) is 5.01. The van der Waals surface area contributed by atoms with E-state index in [2.05, 4.69) is 5.32 Å². The van der Waals surface area contributed by atoms with Crippen molar-refractivity contribution in [1.82, 2.24) is 14.5 Å². The third-order valence-electron chi connectivity index (χ3n) is 7.09. The van der Waals surface area contributed by atoms with E-state index in [0.717, 1.165) is 68.2 Å². The van der Waals surface area contributed by atoms with E-state index in [1.165, 1.54) is 25.3 Å². The Hall–Kier alpha value is -2.71. The number of aromatic nitrogens is 2. The van der Waals surface area contributed by atoms with Gasteiger partial charge in [-0.2, -0.15) is 0 Å². The fourth-order valence-corrected chi connectivity index (χ4v) is 6.38. The first-order chi connectivity index (χ1) is 16.4. The lowest BCUT2D eigenvalue weighted by Crippen LogP contribution is -2.42. The van der Waals surface area contributed by atoms with E-state index in [9.17, 15) is 14.4 Å². The van der Waals surface area contributed by atoms with Crippen molar-refractivity contribution in [2.75, 3.05) is 13.2 Å². The highest BCUT2D eigenvalue weighted by Gasteiger charge is 2.25. The Morgan fingerprint density at radius 1 is 1.12 bits per heavy atom. The lowest BCUT2D eigenvalue weighted by Gasteiger charge is -2.15. The third kappa shape index (κ3) is 4.25. The zero-order valence-electron chi connectivity index (χ0n) is 19.8. The average Bonchev–Trinajstić information content (AvgIpc) is 3.40. The highest BCUT2D eigenvalue weighted by atomic mass is 32.1. The molecule has 1 saturated heterocycles. The first-order valence-electron chi connectivity index (χ1n) is 12.2. The monoisotopic (exact) mass is 481 g/mol. The van der Waals surface area contributed by atoms with Gasteiger partial charge in [0.1, 0.15) is 11.4 Å². The Balaban J connectivity index is 1.63. The van der Waals surface area contributed by atoms with Crippen LogP contribution in [0.3, 0.4) is 0 Å². The SMILES string of the molecule is Cc1ccc(-n2c(=O)c3c4c(sc3n(CC(=O)NCC3CCCO3)c2=O)CCCCC4)cc1C. The average molecular weight is 482 g/mol. The molecule has 1 amide bonds. The fourth-order valence-electron chi connectivity index (χ4n) is 5.01. The molecule has 2 aromatic heterocycles. The Labute approximate surface area is 202 Å². The molecular weight excluding hydrogens is 450 g/mol. The van der Waals surface area contributed by atoms with Gasteiger partial charge in [-0.05, 0) is 81.2 Å². The van der Waals surface area contributed by atoms with Crippen molar-refractivity contribution in [3.05, 3.63) is 60.6 Å². The number of amides is 1. The number of benzene rings is 1. The van der Waals surface area contributed by atoms with Crippen LogP contribution in [0.1, 0.15) is 53.7 Å². The quantitative estimate of drug-likeness (QED) is 0.567. The largest absolute Gasteiger partial charge is 0.376 e. The summed E-state index contributed by atoms with van der Waals surface area (Å²) in [6.07, 6.45) is 6.96. The van der Waals surface area contributed by atoms with E-state index in [1.54, 1.807) is 0 Å². The second-order valence-corrected chi connectivity index (χ2v) is 10.5. The zero-order chi connectivity index (χ0) is 23.8. The number of fused-ring (bicyclic) bond motifs is 3. The summed E-state index contributed by atoms with van der Waals surface area (Å²) in [5.41, 5.74) is 2.96. The maximum absolute atomic E-state index is 13.8. The van der Waals surface area contributed by atoms with Crippen LogP contribution in [0.4, 0.5) is 0 Å². The summed E-state index contributed by atoms with van der Waals surface area (Å²) >= 11 is 1.51. The summed E-state index contributed by atoms with van der Waals surface area (Å²) in [5.74, 6) is -0.243. The number of ether oxygens (including phenoxy) is 1. The zero-order valence-corrected chi connectivity index (χ0v) is 20.6. The van der Waals surface area contributed by atoms with Crippen LogP contribution in [0.2, 0.25) is 0 Å². The number of thiophene rings is 1. The normalized spacial score (nSPS) is 18.1. The van der Waals surface area contributed by atoms with E-state index in [-0.39, 0.29) is 24.1 Å². The van der Waals surface area contributed by atoms with Gasteiger partial charge in [0.15, 0.2) is 0 Å². The summed E-state index contributed by atoms with van der Waals surface area (Å²) in [6, 6.07) is 5.61. The minimum absolute atomic E-state index is 0.0305. The highest BCUT2D eigenvalue weighted by molar-refractivity contribution is 7.18. The molecule has 1 aromatic carbocycles. The molecule has 0 bridgehead atoms. The van der Waals surface area contributed by atoms with Crippen molar-refractivity contribution in [3.8, 4) is 5.69 Å². The molecule has 0 spiro atoms. The van der Waals surface area contributed by atoms with Gasteiger partial charge in [-0.3, -0.25) is 14.2 Å². The number of hydrogen-bond donors (Lipinski definition) is 1. The number of nitrogens with zero attached hydrogens (tertiary/aromatic N) is 2. The molecule has 180 valence electrons. The Bertz CT molecular complexity index is 1360. The summed E-state index contributed by atoms with van der Waals surface area (Å²) < 4.78 is 8.35. The lowest BCUT2D eigenvalue weighted by atomic mass is 10.1. The van der Waals surface area contributed by atoms with Gasteiger partial charge in [0.2, 0.25) is 5.91 Å². The molecule has 1 aliphatic carbocycles. The van der Waals surface area contributed by atoms with E-state index >= 15 is 0 Å². The smallest absolute Gasteiger partial charge is 0.337 e. The van der Waals surface area contributed by atoms with Gasteiger partial charge in [-0.25, -0.2) is 9.36 Å². The maximum atomic E-state index is 13.8. The van der Waals surface area contributed by atoms with Crippen LogP contribution < -0.4 is 16.6 Å². The summed E-state index contributed by atoms with van der Waals surface area (Å²) in [4.78, 5) is 42.2. The van der Waals surface area contributed by atoms with E-state index in [1.807, 2.05) is 32.0 Å². The van der Waals surface area contributed by atoms with Crippen LogP contribution in [0.5, 0.6) is 0 Å². The van der Waals surface area contributed by atoms with Gasteiger partial charge in [0, 0.05) is 18.0 Å². The summed E-state index contributed by atoms with van der Waals surface area (Å²) in [5, 5.41) is 3.52. The van der Waals surface area contributed by atoms with Gasteiger partial charge >= 0.3 is 5.69 Å². The number of carbonyl (C=O) groups is 1. The Morgan fingerprint density at radius 2 is 1.94 bits per heavy atom. The van der Waals surface area contributed by atoms with Crippen LogP contribution in [0, 0.1) is 13.8 Å². The fraction of sp³-hybridized carbons (Fsp3) is 0.500. The van der Waals surface area contributed by atoms with Crippen molar-refractivity contribution < 1.29 is 9.53 Å². The molecule has 0 saturated carbocycles. The van der Waals surface area contributed by atoms with Crippen LogP contribution >= 0.6 is 11.3 Å². The molecule has 1 fully saturated rings. The van der Waals surface area contributed by atoms with Gasteiger partial charge in [0.25, 0.3) is 5.56 Å².